The third-order valence-corrected chi connectivity index (χ3v) is 4.66. The number of rotatable bonds is 5. The first kappa shape index (κ1) is 15.2. The number of amides is 1. The lowest BCUT2D eigenvalue weighted by Crippen LogP contribution is -2.42. The largest absolute Gasteiger partial charge is 0.356 e. The number of carbonyl (C=O) groups excluding carboxylic acids is 1. The second kappa shape index (κ2) is 7.02. The van der Waals surface area contributed by atoms with E-state index < -0.39 is 0 Å². The van der Waals surface area contributed by atoms with Gasteiger partial charge in [-0.25, -0.2) is 0 Å². The topological polar surface area (TPSA) is 71.3 Å². The van der Waals surface area contributed by atoms with Crippen molar-refractivity contribution < 1.29 is 9.32 Å². The van der Waals surface area contributed by atoms with E-state index in [1.54, 1.807) is 11.3 Å². The van der Waals surface area contributed by atoms with Gasteiger partial charge in [-0.3, -0.25) is 9.69 Å². The van der Waals surface area contributed by atoms with Crippen LogP contribution in [0.25, 0.3) is 10.7 Å². The van der Waals surface area contributed by atoms with E-state index in [0.29, 0.717) is 24.8 Å². The van der Waals surface area contributed by atoms with Crippen molar-refractivity contribution >= 4 is 17.2 Å². The molecule has 1 N–H and O–H groups in total. The molecule has 1 amide bonds. The Balaban J connectivity index is 1.60. The maximum absolute atomic E-state index is 12.0. The third-order valence-electron chi connectivity index (χ3n) is 3.80. The smallest absolute Gasteiger partial charge is 0.241 e. The normalized spacial score (nSPS) is 19.2. The van der Waals surface area contributed by atoms with Gasteiger partial charge in [-0.2, -0.15) is 4.98 Å². The number of nitrogens with zero attached hydrogens (tertiary/aromatic N) is 3. The molecule has 118 valence electrons. The summed E-state index contributed by atoms with van der Waals surface area (Å²) < 4.78 is 5.34. The molecule has 3 heterocycles. The molecular formula is C15H20N4O2S. The molecule has 2 aromatic heterocycles. The number of nitrogens with one attached hydrogen (secondary N) is 1. The highest BCUT2D eigenvalue weighted by Crippen LogP contribution is 2.23. The Kier molecular flexibility index (Phi) is 4.84. The molecule has 1 saturated heterocycles. The first-order valence-corrected chi connectivity index (χ1v) is 8.50. The van der Waals surface area contributed by atoms with Gasteiger partial charge in [0.2, 0.25) is 17.6 Å². The van der Waals surface area contributed by atoms with Gasteiger partial charge in [-0.05, 0) is 37.8 Å². The zero-order chi connectivity index (χ0) is 15.4. The lowest BCUT2D eigenvalue weighted by Gasteiger charge is -2.30. The fraction of sp³-hybridized carbons (Fsp3) is 0.533. The van der Waals surface area contributed by atoms with Gasteiger partial charge in [-0.15, -0.1) is 11.3 Å². The van der Waals surface area contributed by atoms with Gasteiger partial charge in [0.25, 0.3) is 0 Å². The second-order valence-corrected chi connectivity index (χ2v) is 6.41. The molecule has 0 bridgehead atoms. The van der Waals surface area contributed by atoms with E-state index in [9.17, 15) is 4.79 Å². The fourth-order valence-corrected chi connectivity index (χ4v) is 3.40. The van der Waals surface area contributed by atoms with E-state index in [-0.39, 0.29) is 11.8 Å². The molecule has 1 atom stereocenters. The van der Waals surface area contributed by atoms with E-state index in [2.05, 4.69) is 20.4 Å². The predicted molar refractivity (Wildman–Crippen MR) is 84.3 cm³/mol. The van der Waals surface area contributed by atoms with Crippen molar-refractivity contribution in [2.24, 2.45) is 5.92 Å². The quantitative estimate of drug-likeness (QED) is 0.914. The maximum Gasteiger partial charge on any atom is 0.241 e. The van der Waals surface area contributed by atoms with Crippen molar-refractivity contribution in [3.05, 3.63) is 23.4 Å². The van der Waals surface area contributed by atoms with Crippen LogP contribution in [0, 0.1) is 5.92 Å². The molecule has 7 heteroatoms. The number of piperidine rings is 1. The first-order chi connectivity index (χ1) is 10.8. The molecule has 1 fully saturated rings. The lowest BCUT2D eigenvalue weighted by atomic mass is 9.97. The molecule has 3 rings (SSSR count). The standard InChI is InChI=1S/C15H20N4O2S/c1-2-16-15(20)11-5-3-7-19(9-11)10-13-17-14(18-21-13)12-6-4-8-22-12/h4,6,8,11H,2-3,5,7,9-10H2,1H3,(H,16,20). The summed E-state index contributed by atoms with van der Waals surface area (Å²) in [4.78, 5) is 19.6. The molecule has 2 aromatic rings. The van der Waals surface area contributed by atoms with Gasteiger partial charge < -0.3 is 9.84 Å². The maximum atomic E-state index is 12.0. The first-order valence-electron chi connectivity index (χ1n) is 7.62. The van der Waals surface area contributed by atoms with Crippen LogP contribution in [0.1, 0.15) is 25.7 Å². The van der Waals surface area contributed by atoms with Crippen molar-refractivity contribution in [3.63, 3.8) is 0 Å². The molecule has 0 aromatic carbocycles. The minimum absolute atomic E-state index is 0.0633. The molecule has 0 saturated carbocycles. The summed E-state index contributed by atoms with van der Waals surface area (Å²) in [5, 5.41) is 8.93. The molecule has 0 aliphatic carbocycles. The fourth-order valence-electron chi connectivity index (χ4n) is 2.75. The average molecular weight is 320 g/mol. The summed E-state index contributed by atoms with van der Waals surface area (Å²) >= 11 is 1.59. The number of hydrogen-bond acceptors (Lipinski definition) is 6. The van der Waals surface area contributed by atoms with Crippen LogP contribution < -0.4 is 5.32 Å². The van der Waals surface area contributed by atoms with Gasteiger partial charge in [0.05, 0.1) is 17.3 Å². The van der Waals surface area contributed by atoms with Crippen LogP contribution in [-0.2, 0) is 11.3 Å². The molecule has 0 spiro atoms. The number of thiophene rings is 1. The summed E-state index contributed by atoms with van der Waals surface area (Å²) in [5.74, 6) is 1.47. The highest BCUT2D eigenvalue weighted by atomic mass is 32.1. The number of likely N-dealkylation sites (tertiary alicyclic amines) is 1. The molecule has 1 aliphatic heterocycles. The van der Waals surface area contributed by atoms with Crippen LogP contribution >= 0.6 is 11.3 Å². The van der Waals surface area contributed by atoms with Crippen LogP contribution in [0.3, 0.4) is 0 Å². The van der Waals surface area contributed by atoms with Crippen molar-refractivity contribution in [2.45, 2.75) is 26.3 Å². The van der Waals surface area contributed by atoms with E-state index in [1.807, 2.05) is 24.4 Å². The SMILES string of the molecule is CCNC(=O)C1CCCN(Cc2nc(-c3cccs3)no2)C1. The second-order valence-electron chi connectivity index (χ2n) is 5.46. The monoisotopic (exact) mass is 320 g/mol. The van der Waals surface area contributed by atoms with E-state index in [4.69, 9.17) is 4.52 Å². The highest BCUT2D eigenvalue weighted by molar-refractivity contribution is 7.13. The zero-order valence-electron chi connectivity index (χ0n) is 12.6. The molecule has 1 unspecified atom stereocenters. The predicted octanol–water partition coefficient (Wildman–Crippen LogP) is 2.15. The molecule has 0 radical (unpaired) electrons. The van der Waals surface area contributed by atoms with Crippen LogP contribution in [0.2, 0.25) is 0 Å². The minimum Gasteiger partial charge on any atom is -0.356 e. The molecule has 1 aliphatic rings. The van der Waals surface area contributed by atoms with Crippen molar-refractivity contribution in [2.75, 3.05) is 19.6 Å². The number of aromatic nitrogens is 2. The van der Waals surface area contributed by atoms with E-state index in [1.165, 1.54) is 0 Å². The third kappa shape index (κ3) is 3.53. The van der Waals surface area contributed by atoms with Gasteiger partial charge in [0.15, 0.2) is 0 Å². The summed E-state index contributed by atoms with van der Waals surface area (Å²) in [5.41, 5.74) is 0. The Morgan fingerprint density at radius 3 is 3.27 bits per heavy atom. The summed E-state index contributed by atoms with van der Waals surface area (Å²) in [6.07, 6.45) is 1.97. The highest BCUT2D eigenvalue weighted by Gasteiger charge is 2.26. The van der Waals surface area contributed by atoms with Gasteiger partial charge in [0, 0.05) is 13.1 Å². The van der Waals surface area contributed by atoms with Gasteiger partial charge >= 0.3 is 0 Å². The zero-order valence-corrected chi connectivity index (χ0v) is 13.4. The Labute approximate surface area is 133 Å². The van der Waals surface area contributed by atoms with Crippen molar-refractivity contribution in [1.29, 1.82) is 0 Å². The lowest BCUT2D eigenvalue weighted by molar-refractivity contribution is -0.126. The summed E-state index contributed by atoms with van der Waals surface area (Å²) in [6, 6.07) is 3.95. The number of hydrogen-bond donors (Lipinski definition) is 1. The number of carbonyl (C=O) groups is 1. The summed E-state index contributed by atoms with van der Waals surface area (Å²) in [7, 11) is 0. The van der Waals surface area contributed by atoms with Crippen LogP contribution in [-0.4, -0.2) is 40.6 Å². The molecule has 6 nitrogen and oxygen atoms in total. The van der Waals surface area contributed by atoms with Crippen LogP contribution in [0.4, 0.5) is 0 Å². The Bertz CT molecular complexity index is 611. The Hall–Kier alpha value is -1.73. The van der Waals surface area contributed by atoms with Crippen molar-refractivity contribution in [3.8, 4) is 10.7 Å². The Morgan fingerprint density at radius 2 is 2.50 bits per heavy atom. The van der Waals surface area contributed by atoms with Crippen molar-refractivity contribution in [1.82, 2.24) is 20.4 Å². The molecular weight excluding hydrogens is 300 g/mol. The van der Waals surface area contributed by atoms with E-state index >= 15 is 0 Å². The Morgan fingerprint density at radius 1 is 1.59 bits per heavy atom. The summed E-state index contributed by atoms with van der Waals surface area (Å²) in [6.45, 7) is 4.95. The average Bonchev–Trinajstić information content (AvgIpc) is 3.18. The van der Waals surface area contributed by atoms with Crippen LogP contribution in [0.15, 0.2) is 22.0 Å². The van der Waals surface area contributed by atoms with E-state index in [0.717, 1.165) is 30.8 Å². The molecule has 22 heavy (non-hydrogen) atoms. The van der Waals surface area contributed by atoms with Crippen LogP contribution in [0.5, 0.6) is 0 Å². The van der Waals surface area contributed by atoms with Gasteiger partial charge in [-0.1, -0.05) is 11.2 Å². The minimum atomic E-state index is 0.0633. The van der Waals surface area contributed by atoms with Gasteiger partial charge in [0.1, 0.15) is 0 Å².